The van der Waals surface area contributed by atoms with Gasteiger partial charge in [0, 0.05) is 17.6 Å². The maximum absolute atomic E-state index is 11.8. The van der Waals surface area contributed by atoms with Crippen LogP contribution in [0.4, 0.5) is 5.69 Å². The lowest BCUT2D eigenvalue weighted by atomic mass is 10.1. The topological polar surface area (TPSA) is 41.1 Å². The molecule has 0 unspecified atom stereocenters. The van der Waals surface area contributed by atoms with E-state index in [2.05, 4.69) is 10.6 Å². The van der Waals surface area contributed by atoms with E-state index in [1.807, 2.05) is 38.2 Å². The Morgan fingerprint density at radius 2 is 2.19 bits per heavy atom. The summed E-state index contributed by atoms with van der Waals surface area (Å²) in [5.41, 5.74) is 1.96. The normalized spacial score (nSPS) is 16.9. The molecule has 1 aliphatic rings. The fraction of sp³-hybridized carbons (Fsp3) is 0.462. The first-order chi connectivity index (χ1) is 7.64. The van der Waals surface area contributed by atoms with E-state index in [1.165, 1.54) is 5.56 Å². The third kappa shape index (κ3) is 2.42. The van der Waals surface area contributed by atoms with Gasteiger partial charge in [-0.2, -0.15) is 0 Å². The van der Waals surface area contributed by atoms with Crippen molar-refractivity contribution >= 4 is 11.6 Å². The predicted octanol–water partition coefficient (Wildman–Crippen LogP) is 2.14. The van der Waals surface area contributed by atoms with Crippen molar-refractivity contribution in [2.75, 3.05) is 12.4 Å². The monoisotopic (exact) mass is 218 g/mol. The molecule has 1 aromatic carbocycles. The van der Waals surface area contributed by atoms with Gasteiger partial charge in [0.1, 0.15) is 0 Å². The van der Waals surface area contributed by atoms with Crippen LogP contribution in [-0.2, 0) is 11.3 Å². The maximum Gasteiger partial charge on any atom is 0.230 e. The second-order valence-electron chi connectivity index (χ2n) is 4.75. The number of nitrogens with one attached hydrogen (secondary N) is 2. The molecule has 2 N–H and O–H groups in total. The molecular weight excluding hydrogens is 200 g/mol. The molecule has 0 radical (unpaired) electrons. The first-order valence-electron chi connectivity index (χ1n) is 5.69. The van der Waals surface area contributed by atoms with Crippen LogP contribution in [0.25, 0.3) is 0 Å². The molecule has 1 saturated carbocycles. The van der Waals surface area contributed by atoms with Gasteiger partial charge in [-0.15, -0.1) is 0 Å². The van der Waals surface area contributed by atoms with E-state index in [-0.39, 0.29) is 11.3 Å². The number of rotatable bonds is 4. The minimum atomic E-state index is -0.112. The molecule has 3 nitrogen and oxygen atoms in total. The van der Waals surface area contributed by atoms with Gasteiger partial charge in [-0.1, -0.05) is 19.1 Å². The van der Waals surface area contributed by atoms with Crippen LogP contribution in [0.1, 0.15) is 25.3 Å². The van der Waals surface area contributed by atoms with Gasteiger partial charge in [-0.3, -0.25) is 4.79 Å². The minimum Gasteiger partial charge on any atom is -0.326 e. The second kappa shape index (κ2) is 4.26. The van der Waals surface area contributed by atoms with Gasteiger partial charge >= 0.3 is 0 Å². The highest BCUT2D eigenvalue weighted by Crippen LogP contribution is 2.45. The zero-order chi connectivity index (χ0) is 11.6. The van der Waals surface area contributed by atoms with Gasteiger partial charge < -0.3 is 10.6 Å². The largest absolute Gasteiger partial charge is 0.326 e. The lowest BCUT2D eigenvalue weighted by Gasteiger charge is -2.10. The first-order valence-corrected chi connectivity index (χ1v) is 5.69. The average molecular weight is 218 g/mol. The number of hydrogen-bond acceptors (Lipinski definition) is 2. The van der Waals surface area contributed by atoms with Gasteiger partial charge in [0.2, 0.25) is 5.91 Å². The lowest BCUT2D eigenvalue weighted by molar-refractivity contribution is -0.120. The van der Waals surface area contributed by atoms with Crippen LogP contribution in [0, 0.1) is 5.41 Å². The van der Waals surface area contributed by atoms with Crippen LogP contribution in [0.5, 0.6) is 0 Å². The highest BCUT2D eigenvalue weighted by molar-refractivity contribution is 5.96. The Morgan fingerprint density at radius 3 is 2.81 bits per heavy atom. The van der Waals surface area contributed by atoms with Gasteiger partial charge in [0.05, 0.1) is 0 Å². The predicted molar refractivity (Wildman–Crippen MR) is 65.2 cm³/mol. The Hall–Kier alpha value is -1.35. The van der Waals surface area contributed by atoms with Crippen LogP contribution in [-0.4, -0.2) is 13.0 Å². The summed E-state index contributed by atoms with van der Waals surface area (Å²) in [6, 6.07) is 7.96. The summed E-state index contributed by atoms with van der Waals surface area (Å²) in [5.74, 6) is 0.147. The summed E-state index contributed by atoms with van der Waals surface area (Å²) in [6.45, 7) is 2.83. The standard InChI is InChI=1S/C13H18N2O/c1-13(6-7-13)12(16)15-11-5-3-4-10(8-11)9-14-2/h3-5,8,14H,6-7,9H2,1-2H3,(H,15,16). The molecule has 1 amide bonds. The van der Waals surface area contributed by atoms with Crippen molar-refractivity contribution in [2.24, 2.45) is 5.41 Å². The van der Waals surface area contributed by atoms with E-state index in [9.17, 15) is 4.79 Å². The molecule has 0 saturated heterocycles. The molecule has 0 heterocycles. The number of anilines is 1. The van der Waals surface area contributed by atoms with Crippen LogP contribution in [0.3, 0.4) is 0 Å². The molecule has 0 aliphatic heterocycles. The molecule has 3 heteroatoms. The number of carbonyl (C=O) groups excluding carboxylic acids is 1. The molecule has 0 aromatic heterocycles. The Kier molecular flexibility index (Phi) is 2.97. The summed E-state index contributed by atoms with van der Waals surface area (Å²) >= 11 is 0. The van der Waals surface area contributed by atoms with E-state index in [0.29, 0.717) is 0 Å². The van der Waals surface area contributed by atoms with Gasteiger partial charge in [-0.25, -0.2) is 0 Å². The lowest BCUT2D eigenvalue weighted by Crippen LogP contribution is -2.21. The molecule has 1 aliphatic carbocycles. The van der Waals surface area contributed by atoms with E-state index in [4.69, 9.17) is 0 Å². The maximum atomic E-state index is 11.8. The third-order valence-electron chi connectivity index (χ3n) is 3.11. The van der Waals surface area contributed by atoms with Gasteiger partial charge in [0.25, 0.3) is 0 Å². The first kappa shape index (κ1) is 11.1. The van der Waals surface area contributed by atoms with Crippen molar-refractivity contribution in [3.05, 3.63) is 29.8 Å². The van der Waals surface area contributed by atoms with Gasteiger partial charge in [-0.05, 0) is 37.6 Å². The van der Waals surface area contributed by atoms with Crippen molar-refractivity contribution in [3.8, 4) is 0 Å². The molecule has 16 heavy (non-hydrogen) atoms. The van der Waals surface area contributed by atoms with Crippen LogP contribution < -0.4 is 10.6 Å². The average Bonchev–Trinajstić information content (AvgIpc) is 2.99. The highest BCUT2D eigenvalue weighted by Gasteiger charge is 2.44. The number of hydrogen-bond donors (Lipinski definition) is 2. The molecule has 0 bridgehead atoms. The third-order valence-corrected chi connectivity index (χ3v) is 3.11. The van der Waals surface area contributed by atoms with E-state index >= 15 is 0 Å². The minimum absolute atomic E-state index is 0.112. The summed E-state index contributed by atoms with van der Waals surface area (Å²) < 4.78 is 0. The fourth-order valence-corrected chi connectivity index (χ4v) is 1.66. The smallest absolute Gasteiger partial charge is 0.230 e. The highest BCUT2D eigenvalue weighted by atomic mass is 16.2. The summed E-state index contributed by atoms with van der Waals surface area (Å²) in [4.78, 5) is 11.8. The van der Waals surface area contributed by atoms with Crippen molar-refractivity contribution in [1.29, 1.82) is 0 Å². The van der Waals surface area contributed by atoms with Crippen LogP contribution in [0.15, 0.2) is 24.3 Å². The Bertz CT molecular complexity index is 397. The van der Waals surface area contributed by atoms with E-state index in [1.54, 1.807) is 0 Å². The van der Waals surface area contributed by atoms with Crippen molar-refractivity contribution in [3.63, 3.8) is 0 Å². The second-order valence-corrected chi connectivity index (χ2v) is 4.75. The number of carbonyl (C=O) groups is 1. The van der Waals surface area contributed by atoms with Gasteiger partial charge in [0.15, 0.2) is 0 Å². The number of benzene rings is 1. The molecule has 86 valence electrons. The van der Waals surface area contributed by atoms with E-state index in [0.717, 1.165) is 25.1 Å². The zero-order valence-electron chi connectivity index (χ0n) is 9.84. The number of amides is 1. The molecule has 0 spiro atoms. The van der Waals surface area contributed by atoms with Crippen molar-refractivity contribution in [1.82, 2.24) is 5.32 Å². The van der Waals surface area contributed by atoms with Crippen molar-refractivity contribution < 1.29 is 4.79 Å². The van der Waals surface area contributed by atoms with Crippen molar-refractivity contribution in [2.45, 2.75) is 26.3 Å². The van der Waals surface area contributed by atoms with Crippen LogP contribution in [0.2, 0.25) is 0 Å². The summed E-state index contributed by atoms with van der Waals surface area (Å²) in [6.07, 6.45) is 2.02. The fourth-order valence-electron chi connectivity index (χ4n) is 1.66. The summed E-state index contributed by atoms with van der Waals surface area (Å²) in [7, 11) is 1.91. The SMILES string of the molecule is CNCc1cccc(NC(=O)C2(C)CC2)c1. The molecule has 1 fully saturated rings. The molecular formula is C13H18N2O. The van der Waals surface area contributed by atoms with Crippen LogP contribution >= 0.6 is 0 Å². The summed E-state index contributed by atoms with van der Waals surface area (Å²) in [5, 5.41) is 6.07. The Morgan fingerprint density at radius 1 is 1.44 bits per heavy atom. The van der Waals surface area contributed by atoms with E-state index < -0.39 is 0 Å². The molecule has 2 rings (SSSR count). The molecule has 0 atom stereocenters. The molecule has 1 aromatic rings. The quantitative estimate of drug-likeness (QED) is 0.813. The Balaban J connectivity index is 2.03. The zero-order valence-corrected chi connectivity index (χ0v) is 9.84. The Labute approximate surface area is 96.2 Å².